The average Bonchev–Trinajstić information content (AvgIpc) is 2.77. The topological polar surface area (TPSA) is 86.2 Å². The zero-order valence-corrected chi connectivity index (χ0v) is 12.3. The molecule has 1 heterocycles. The first-order valence-corrected chi connectivity index (χ1v) is 6.42. The molecular weight excluding hydrogens is 244 g/mol. The van der Waals surface area contributed by atoms with Gasteiger partial charge in [0.1, 0.15) is 12.7 Å². The van der Waals surface area contributed by atoms with Gasteiger partial charge in [-0.3, -0.25) is 4.79 Å². The fourth-order valence-electron chi connectivity index (χ4n) is 3.07. The Bertz CT molecular complexity index is 418. The van der Waals surface area contributed by atoms with Crippen LogP contribution in [0.5, 0.6) is 0 Å². The van der Waals surface area contributed by atoms with E-state index in [-0.39, 0.29) is 11.3 Å². The number of imidazole rings is 1. The van der Waals surface area contributed by atoms with Crippen LogP contribution < -0.4 is 0 Å². The lowest BCUT2D eigenvalue weighted by Gasteiger charge is -2.44. The Hall–Kier alpha value is -1.20. The molecule has 3 N–H and O–H groups in total. The molecular formula is C14H24N2O3. The zero-order valence-electron chi connectivity index (χ0n) is 12.3. The summed E-state index contributed by atoms with van der Waals surface area (Å²) in [5.41, 5.74) is -0.0144. The van der Waals surface area contributed by atoms with Crippen molar-refractivity contribution in [2.24, 2.45) is 10.8 Å². The number of rotatable bonds is 5. The number of aromatic nitrogens is 2. The largest absolute Gasteiger partial charge is 0.388 e. The van der Waals surface area contributed by atoms with Crippen molar-refractivity contribution < 1.29 is 15.0 Å². The summed E-state index contributed by atoms with van der Waals surface area (Å²) >= 11 is 0. The van der Waals surface area contributed by atoms with Gasteiger partial charge >= 0.3 is 0 Å². The van der Waals surface area contributed by atoms with E-state index in [4.69, 9.17) is 5.11 Å². The number of Topliss-reactive ketones (excluding diaryl/α,β-unsaturated/α-hetero) is 1. The molecule has 0 saturated heterocycles. The Labute approximate surface area is 114 Å². The van der Waals surface area contributed by atoms with Crippen LogP contribution in [0, 0.1) is 10.8 Å². The van der Waals surface area contributed by atoms with E-state index in [0.29, 0.717) is 0 Å². The summed E-state index contributed by atoms with van der Waals surface area (Å²) in [5, 5.41) is 19.2. The number of aromatic amines is 1. The van der Waals surface area contributed by atoms with Crippen molar-refractivity contribution in [3.05, 3.63) is 18.2 Å². The molecule has 0 amide bonds. The maximum Gasteiger partial charge on any atom is 0.187 e. The van der Waals surface area contributed by atoms with Gasteiger partial charge in [-0.15, -0.1) is 0 Å². The number of aliphatic hydroxyl groups excluding tert-OH is 2. The predicted octanol–water partition coefficient (Wildman–Crippen LogP) is 1.49. The number of carbonyl (C=O) groups excluding carboxylic acids is 1. The number of aliphatic hydroxyl groups is 2. The van der Waals surface area contributed by atoms with E-state index in [1.807, 2.05) is 13.8 Å². The molecule has 5 nitrogen and oxygen atoms in total. The quantitative estimate of drug-likeness (QED) is 0.755. The molecule has 0 aliphatic carbocycles. The number of H-pyrrole nitrogens is 1. The van der Waals surface area contributed by atoms with Crippen LogP contribution in [0.25, 0.3) is 0 Å². The number of nitrogens with zero attached hydrogens (tertiary/aromatic N) is 1. The fourth-order valence-corrected chi connectivity index (χ4v) is 3.07. The lowest BCUT2D eigenvalue weighted by molar-refractivity contribution is -0.138. The van der Waals surface area contributed by atoms with E-state index in [1.165, 1.54) is 0 Å². The number of carbonyl (C=O) groups is 1. The molecule has 1 aromatic rings. The predicted molar refractivity (Wildman–Crippen MR) is 72.7 cm³/mol. The van der Waals surface area contributed by atoms with Crippen molar-refractivity contribution in [2.75, 3.05) is 6.61 Å². The Balaban J connectivity index is 3.21. The van der Waals surface area contributed by atoms with Gasteiger partial charge in [-0.2, -0.15) is 0 Å². The van der Waals surface area contributed by atoms with E-state index in [9.17, 15) is 9.90 Å². The average molecular weight is 268 g/mol. The number of nitrogens with one attached hydrogen (secondary N) is 1. The minimum Gasteiger partial charge on any atom is -0.388 e. The molecule has 108 valence electrons. The maximum atomic E-state index is 11.6. The molecule has 19 heavy (non-hydrogen) atoms. The molecule has 2 atom stereocenters. The van der Waals surface area contributed by atoms with Crippen LogP contribution in [0.3, 0.4) is 0 Å². The Kier molecular flexibility index (Phi) is 4.53. The van der Waals surface area contributed by atoms with E-state index >= 15 is 0 Å². The Morgan fingerprint density at radius 2 is 1.95 bits per heavy atom. The SMILES string of the molecule is CC(C)(C)C(c1cnc[nH]1)C(C)(C)C(O)C(=O)CO. The fraction of sp³-hybridized carbons (Fsp3) is 0.714. The smallest absolute Gasteiger partial charge is 0.187 e. The molecule has 0 fully saturated rings. The van der Waals surface area contributed by atoms with Crippen molar-refractivity contribution in [1.29, 1.82) is 0 Å². The molecule has 0 radical (unpaired) electrons. The van der Waals surface area contributed by atoms with Crippen LogP contribution in [-0.2, 0) is 4.79 Å². The van der Waals surface area contributed by atoms with Gasteiger partial charge < -0.3 is 15.2 Å². The van der Waals surface area contributed by atoms with Crippen LogP contribution in [0.2, 0.25) is 0 Å². The standard InChI is InChI=1S/C14H24N2O3/c1-13(2,3)11(9-6-15-8-16-9)14(4,5)12(19)10(18)7-17/h6,8,11-12,17,19H,7H2,1-5H3,(H,15,16). The highest BCUT2D eigenvalue weighted by Gasteiger charge is 2.46. The van der Waals surface area contributed by atoms with Crippen LogP contribution in [0.1, 0.15) is 46.2 Å². The molecule has 5 heteroatoms. The number of hydrogen-bond donors (Lipinski definition) is 3. The Morgan fingerprint density at radius 3 is 2.32 bits per heavy atom. The summed E-state index contributed by atoms with van der Waals surface area (Å²) in [5.74, 6) is -0.660. The summed E-state index contributed by atoms with van der Waals surface area (Å²) in [7, 11) is 0. The summed E-state index contributed by atoms with van der Waals surface area (Å²) in [6, 6.07) is 0. The van der Waals surface area contributed by atoms with E-state index in [1.54, 1.807) is 12.5 Å². The van der Waals surface area contributed by atoms with Crippen LogP contribution in [0.15, 0.2) is 12.5 Å². The number of hydrogen-bond acceptors (Lipinski definition) is 4. The monoisotopic (exact) mass is 268 g/mol. The first-order valence-electron chi connectivity index (χ1n) is 6.42. The van der Waals surface area contributed by atoms with Crippen molar-refractivity contribution in [1.82, 2.24) is 9.97 Å². The second-order valence-electron chi connectivity index (χ2n) is 6.65. The van der Waals surface area contributed by atoms with Gasteiger partial charge in [0.2, 0.25) is 0 Å². The molecule has 1 aromatic heterocycles. The molecule has 1 rings (SSSR count). The van der Waals surface area contributed by atoms with Gasteiger partial charge in [0.05, 0.1) is 6.33 Å². The molecule has 0 aliphatic rings. The van der Waals surface area contributed by atoms with Gasteiger partial charge in [0, 0.05) is 23.2 Å². The molecule has 2 unspecified atom stereocenters. The molecule has 0 aliphatic heterocycles. The van der Waals surface area contributed by atoms with Gasteiger partial charge in [-0.1, -0.05) is 34.6 Å². The molecule has 0 saturated carbocycles. The third-order valence-electron chi connectivity index (χ3n) is 3.61. The highest BCUT2D eigenvalue weighted by molar-refractivity contribution is 5.84. The van der Waals surface area contributed by atoms with Gasteiger partial charge in [0.25, 0.3) is 0 Å². The zero-order chi connectivity index (χ0) is 14.8. The third-order valence-corrected chi connectivity index (χ3v) is 3.61. The van der Waals surface area contributed by atoms with E-state index in [0.717, 1.165) is 5.69 Å². The first-order chi connectivity index (χ1) is 8.62. The lowest BCUT2D eigenvalue weighted by atomic mass is 9.61. The van der Waals surface area contributed by atoms with Gasteiger partial charge in [-0.05, 0) is 5.41 Å². The summed E-state index contributed by atoms with van der Waals surface area (Å²) < 4.78 is 0. The van der Waals surface area contributed by atoms with Crippen molar-refractivity contribution in [3.63, 3.8) is 0 Å². The second kappa shape index (κ2) is 5.43. The lowest BCUT2D eigenvalue weighted by Crippen LogP contribution is -2.46. The van der Waals surface area contributed by atoms with E-state index < -0.39 is 23.9 Å². The van der Waals surface area contributed by atoms with Gasteiger partial charge in [0.15, 0.2) is 5.78 Å². The van der Waals surface area contributed by atoms with Crippen molar-refractivity contribution in [3.8, 4) is 0 Å². The molecule has 0 spiro atoms. The molecule has 0 aromatic carbocycles. The van der Waals surface area contributed by atoms with Crippen molar-refractivity contribution >= 4 is 5.78 Å². The maximum absolute atomic E-state index is 11.6. The van der Waals surface area contributed by atoms with Crippen LogP contribution in [-0.4, -0.2) is 38.7 Å². The third kappa shape index (κ3) is 3.22. The Morgan fingerprint density at radius 1 is 1.37 bits per heavy atom. The van der Waals surface area contributed by atoms with Crippen LogP contribution in [0.4, 0.5) is 0 Å². The molecule has 0 bridgehead atoms. The second-order valence-corrected chi connectivity index (χ2v) is 6.65. The van der Waals surface area contributed by atoms with E-state index in [2.05, 4.69) is 30.7 Å². The van der Waals surface area contributed by atoms with Crippen molar-refractivity contribution in [2.45, 2.75) is 46.6 Å². The summed E-state index contributed by atoms with van der Waals surface area (Å²) in [6.45, 7) is 9.18. The highest BCUT2D eigenvalue weighted by Crippen LogP contribution is 2.48. The van der Waals surface area contributed by atoms with Crippen LogP contribution >= 0.6 is 0 Å². The minimum absolute atomic E-state index is 0.104. The van der Waals surface area contributed by atoms with Gasteiger partial charge in [-0.25, -0.2) is 4.98 Å². The summed E-state index contributed by atoms with van der Waals surface area (Å²) in [4.78, 5) is 18.7. The first kappa shape index (κ1) is 15.9. The highest BCUT2D eigenvalue weighted by atomic mass is 16.3. The minimum atomic E-state index is -1.22. The number of ketones is 1. The normalized spacial score (nSPS) is 16.2. The summed E-state index contributed by atoms with van der Waals surface area (Å²) in [6.07, 6.45) is 2.09.